The summed E-state index contributed by atoms with van der Waals surface area (Å²) in [6, 6.07) is 2.33. The van der Waals surface area contributed by atoms with Gasteiger partial charge in [-0.15, -0.1) is 0 Å². The average molecular weight is 284 g/mol. The number of anilines is 1. The molecule has 0 bridgehead atoms. The lowest BCUT2D eigenvalue weighted by molar-refractivity contribution is 0.0602. The molecule has 2 N–H and O–H groups in total. The molecule has 1 aromatic carbocycles. The summed E-state index contributed by atoms with van der Waals surface area (Å²) in [4.78, 5) is 11.5. The Balaban J connectivity index is 2.60. The predicted molar refractivity (Wildman–Crippen MR) is 69.0 cm³/mol. The Kier molecular flexibility index (Phi) is 3.44. The van der Waals surface area contributed by atoms with Gasteiger partial charge >= 0.3 is 5.97 Å². The highest BCUT2D eigenvalue weighted by molar-refractivity contribution is 6.31. The monoisotopic (exact) mass is 283 g/mol. The standard InChI is InChI=1S/C12H11ClFN3O2/c1-6-8(13)5-17(16-6)11-3-7(12(18)19-2)10(15)4-9(11)14/h3-5H,15H2,1-2H3. The van der Waals surface area contributed by atoms with Crippen LogP contribution in [0.2, 0.25) is 5.02 Å². The van der Waals surface area contributed by atoms with Crippen molar-refractivity contribution in [1.82, 2.24) is 9.78 Å². The molecule has 0 atom stereocenters. The van der Waals surface area contributed by atoms with Crippen molar-refractivity contribution < 1.29 is 13.9 Å². The topological polar surface area (TPSA) is 70.1 Å². The minimum atomic E-state index is -0.645. The van der Waals surface area contributed by atoms with Crippen LogP contribution in [0.3, 0.4) is 0 Å². The molecule has 0 fully saturated rings. The number of aromatic nitrogens is 2. The van der Waals surface area contributed by atoms with Gasteiger partial charge in [0, 0.05) is 11.9 Å². The second kappa shape index (κ2) is 4.89. The highest BCUT2D eigenvalue weighted by Gasteiger charge is 2.17. The normalized spacial score (nSPS) is 10.5. The van der Waals surface area contributed by atoms with Crippen LogP contribution in [-0.2, 0) is 4.74 Å². The Hall–Kier alpha value is -2.08. The molecule has 0 aliphatic carbocycles. The number of carbonyl (C=O) groups is 1. The zero-order valence-electron chi connectivity index (χ0n) is 10.3. The molecule has 1 aromatic heterocycles. The minimum Gasteiger partial charge on any atom is -0.465 e. The summed E-state index contributed by atoms with van der Waals surface area (Å²) >= 11 is 5.87. The quantitative estimate of drug-likeness (QED) is 0.678. The number of methoxy groups -OCH3 is 1. The number of esters is 1. The van der Waals surface area contributed by atoms with E-state index in [2.05, 4.69) is 9.84 Å². The van der Waals surface area contributed by atoms with E-state index in [0.717, 1.165) is 6.07 Å². The van der Waals surface area contributed by atoms with Gasteiger partial charge in [0.25, 0.3) is 0 Å². The first kappa shape index (κ1) is 13.4. The molecule has 0 radical (unpaired) electrons. The number of nitrogen functional groups attached to an aromatic ring is 1. The lowest BCUT2D eigenvalue weighted by Gasteiger charge is -2.08. The molecule has 0 saturated heterocycles. The Morgan fingerprint density at radius 1 is 1.53 bits per heavy atom. The van der Waals surface area contributed by atoms with Crippen molar-refractivity contribution in [2.24, 2.45) is 0 Å². The molecule has 0 spiro atoms. The molecule has 100 valence electrons. The lowest BCUT2D eigenvalue weighted by atomic mass is 10.1. The molecule has 0 amide bonds. The predicted octanol–water partition coefficient (Wildman–Crippen LogP) is 2.34. The van der Waals surface area contributed by atoms with Crippen molar-refractivity contribution in [3.8, 4) is 5.69 Å². The molecule has 0 unspecified atom stereocenters. The van der Waals surface area contributed by atoms with Crippen LogP contribution in [-0.4, -0.2) is 22.9 Å². The van der Waals surface area contributed by atoms with Crippen LogP contribution < -0.4 is 5.73 Å². The van der Waals surface area contributed by atoms with Crippen molar-refractivity contribution in [2.45, 2.75) is 6.92 Å². The molecule has 0 saturated carbocycles. The Bertz CT molecular complexity index is 635. The lowest BCUT2D eigenvalue weighted by Crippen LogP contribution is -2.09. The molecule has 1 heterocycles. The molecule has 7 heteroatoms. The van der Waals surface area contributed by atoms with E-state index in [9.17, 15) is 9.18 Å². The van der Waals surface area contributed by atoms with E-state index in [1.54, 1.807) is 6.92 Å². The minimum absolute atomic E-state index is 0.00285. The maximum atomic E-state index is 13.9. The number of nitrogens with two attached hydrogens (primary N) is 1. The fourth-order valence-corrected chi connectivity index (χ4v) is 1.73. The van der Waals surface area contributed by atoms with Gasteiger partial charge in [-0.2, -0.15) is 5.10 Å². The molecular weight excluding hydrogens is 273 g/mol. The summed E-state index contributed by atoms with van der Waals surface area (Å²) in [5.74, 6) is -1.25. The number of hydrogen-bond donors (Lipinski definition) is 1. The maximum absolute atomic E-state index is 13.9. The molecule has 2 aromatic rings. The summed E-state index contributed by atoms with van der Waals surface area (Å²) in [5, 5.41) is 4.45. The highest BCUT2D eigenvalue weighted by Crippen LogP contribution is 2.23. The molecule has 0 aliphatic heterocycles. The fourth-order valence-electron chi connectivity index (χ4n) is 1.60. The van der Waals surface area contributed by atoms with Gasteiger partial charge < -0.3 is 10.5 Å². The highest BCUT2D eigenvalue weighted by atomic mass is 35.5. The third-order valence-electron chi connectivity index (χ3n) is 2.61. The first-order valence-electron chi connectivity index (χ1n) is 5.33. The molecular formula is C12H11ClFN3O2. The van der Waals surface area contributed by atoms with Gasteiger partial charge in [-0.1, -0.05) is 11.6 Å². The molecule has 2 rings (SSSR count). The van der Waals surface area contributed by atoms with Crippen LogP contribution >= 0.6 is 11.6 Å². The van der Waals surface area contributed by atoms with Crippen LogP contribution in [0.4, 0.5) is 10.1 Å². The summed E-state index contributed by atoms with van der Waals surface area (Å²) in [7, 11) is 1.22. The van der Waals surface area contributed by atoms with Crippen LogP contribution in [0, 0.1) is 12.7 Å². The third-order valence-corrected chi connectivity index (χ3v) is 2.98. The Morgan fingerprint density at radius 2 is 2.21 bits per heavy atom. The van der Waals surface area contributed by atoms with Gasteiger partial charge in [0.15, 0.2) is 5.82 Å². The summed E-state index contributed by atoms with van der Waals surface area (Å²) in [5.41, 5.74) is 6.29. The zero-order chi connectivity index (χ0) is 14.2. The van der Waals surface area contributed by atoms with Crippen LogP contribution in [0.5, 0.6) is 0 Å². The number of halogens is 2. The number of carbonyl (C=O) groups excluding carboxylic acids is 1. The number of rotatable bonds is 2. The first-order valence-corrected chi connectivity index (χ1v) is 5.71. The number of ether oxygens (including phenoxy) is 1. The van der Waals surface area contributed by atoms with E-state index >= 15 is 0 Å². The van der Waals surface area contributed by atoms with Crippen LogP contribution in [0.25, 0.3) is 5.69 Å². The molecule has 0 aliphatic rings. The Morgan fingerprint density at radius 3 is 2.74 bits per heavy atom. The Labute approximate surface area is 113 Å². The number of aryl methyl sites for hydroxylation is 1. The maximum Gasteiger partial charge on any atom is 0.340 e. The van der Waals surface area contributed by atoms with Gasteiger partial charge in [0.05, 0.1) is 23.4 Å². The van der Waals surface area contributed by atoms with E-state index in [1.165, 1.54) is 24.1 Å². The van der Waals surface area contributed by atoms with E-state index in [-0.39, 0.29) is 16.9 Å². The van der Waals surface area contributed by atoms with E-state index < -0.39 is 11.8 Å². The summed E-state index contributed by atoms with van der Waals surface area (Å²) in [6.45, 7) is 1.69. The van der Waals surface area contributed by atoms with E-state index in [1.807, 2.05) is 0 Å². The van der Waals surface area contributed by atoms with E-state index in [4.69, 9.17) is 17.3 Å². The fraction of sp³-hybridized carbons (Fsp3) is 0.167. The molecule has 19 heavy (non-hydrogen) atoms. The number of hydrogen-bond acceptors (Lipinski definition) is 4. The van der Waals surface area contributed by atoms with Gasteiger partial charge in [-0.3, -0.25) is 0 Å². The SMILES string of the molecule is COC(=O)c1cc(-n2cc(Cl)c(C)n2)c(F)cc1N. The van der Waals surface area contributed by atoms with Crippen LogP contribution in [0.1, 0.15) is 16.1 Å². The van der Waals surface area contributed by atoms with Gasteiger partial charge in [0.2, 0.25) is 0 Å². The second-order valence-corrected chi connectivity index (χ2v) is 4.30. The number of benzene rings is 1. The van der Waals surface area contributed by atoms with Crippen molar-refractivity contribution in [1.29, 1.82) is 0 Å². The van der Waals surface area contributed by atoms with Gasteiger partial charge in [0.1, 0.15) is 5.69 Å². The van der Waals surface area contributed by atoms with Crippen molar-refractivity contribution >= 4 is 23.3 Å². The summed E-state index contributed by atoms with van der Waals surface area (Å²) in [6.07, 6.45) is 1.45. The van der Waals surface area contributed by atoms with E-state index in [0.29, 0.717) is 10.7 Å². The largest absolute Gasteiger partial charge is 0.465 e. The average Bonchev–Trinajstić information content (AvgIpc) is 2.68. The van der Waals surface area contributed by atoms with Crippen molar-refractivity contribution in [2.75, 3.05) is 12.8 Å². The first-order chi connectivity index (χ1) is 8.93. The summed E-state index contributed by atoms with van der Waals surface area (Å²) < 4.78 is 19.7. The third kappa shape index (κ3) is 2.39. The molecule has 5 nitrogen and oxygen atoms in total. The van der Waals surface area contributed by atoms with Crippen LogP contribution in [0.15, 0.2) is 18.3 Å². The zero-order valence-corrected chi connectivity index (χ0v) is 11.0. The van der Waals surface area contributed by atoms with Crippen molar-refractivity contribution in [3.63, 3.8) is 0 Å². The second-order valence-electron chi connectivity index (χ2n) is 3.89. The number of nitrogens with zero attached hydrogens (tertiary/aromatic N) is 2. The van der Waals surface area contributed by atoms with Gasteiger partial charge in [-0.05, 0) is 19.1 Å². The van der Waals surface area contributed by atoms with Gasteiger partial charge in [-0.25, -0.2) is 13.9 Å². The smallest absolute Gasteiger partial charge is 0.340 e. The van der Waals surface area contributed by atoms with Crippen molar-refractivity contribution in [3.05, 3.63) is 40.4 Å².